The van der Waals surface area contributed by atoms with Crippen LogP contribution in [-0.2, 0) is 19.6 Å². The van der Waals surface area contributed by atoms with Crippen LogP contribution in [0.2, 0.25) is 10.0 Å². The van der Waals surface area contributed by atoms with Gasteiger partial charge in [-0.05, 0) is 66.4 Å². The predicted octanol–water partition coefficient (Wildman–Crippen LogP) is 7.23. The largest absolute Gasteiger partial charge is 0.493 e. The summed E-state index contributed by atoms with van der Waals surface area (Å²) in [6, 6.07) is 17.7. The molecule has 0 aliphatic rings. The molecule has 0 saturated heterocycles. The highest BCUT2D eigenvalue weighted by Gasteiger charge is 2.13. The Kier molecular flexibility index (Phi) is 7.67. The Labute approximate surface area is 188 Å². The smallest absolute Gasteiger partial charge is 0.165 e. The van der Waals surface area contributed by atoms with E-state index in [9.17, 15) is 0 Å². The van der Waals surface area contributed by atoms with E-state index in [2.05, 4.69) is 18.0 Å². The van der Waals surface area contributed by atoms with E-state index >= 15 is 0 Å². The minimum Gasteiger partial charge on any atom is -0.493 e. The molecule has 0 spiro atoms. The molecule has 0 aliphatic carbocycles. The SMILES string of the molecule is C=CCc1cc(CNc2ccc(C)c(Cl)c2)cc(OC)c1OCc1cccc(Cl)c1. The number of allylic oxidation sites excluding steroid dienone is 1. The first-order chi connectivity index (χ1) is 14.5. The fourth-order valence-corrected chi connectivity index (χ4v) is 3.53. The van der Waals surface area contributed by atoms with Gasteiger partial charge in [-0.2, -0.15) is 0 Å². The van der Waals surface area contributed by atoms with Crippen LogP contribution in [0, 0.1) is 6.92 Å². The molecule has 3 nitrogen and oxygen atoms in total. The molecular formula is C25H25Cl2NO2. The van der Waals surface area contributed by atoms with Crippen molar-refractivity contribution in [1.82, 2.24) is 0 Å². The summed E-state index contributed by atoms with van der Waals surface area (Å²) in [5, 5.41) is 4.84. The quantitative estimate of drug-likeness (QED) is 0.355. The molecule has 0 heterocycles. The van der Waals surface area contributed by atoms with Crippen molar-refractivity contribution in [1.29, 1.82) is 0 Å². The molecule has 0 saturated carbocycles. The first-order valence-corrected chi connectivity index (χ1v) is 10.4. The van der Waals surface area contributed by atoms with Gasteiger partial charge in [0.25, 0.3) is 0 Å². The molecule has 1 N–H and O–H groups in total. The van der Waals surface area contributed by atoms with Crippen LogP contribution in [-0.4, -0.2) is 7.11 Å². The lowest BCUT2D eigenvalue weighted by molar-refractivity contribution is 0.281. The molecule has 0 atom stereocenters. The Bertz CT molecular complexity index is 1030. The summed E-state index contributed by atoms with van der Waals surface area (Å²) in [7, 11) is 1.65. The van der Waals surface area contributed by atoms with Crippen LogP contribution in [0.15, 0.2) is 67.3 Å². The summed E-state index contributed by atoms with van der Waals surface area (Å²) in [5.41, 5.74) is 5.12. The fourth-order valence-electron chi connectivity index (χ4n) is 3.14. The highest BCUT2D eigenvalue weighted by atomic mass is 35.5. The molecular weight excluding hydrogens is 417 g/mol. The summed E-state index contributed by atoms with van der Waals surface area (Å²) in [6.45, 7) is 6.90. The number of aryl methyl sites for hydroxylation is 1. The van der Waals surface area contributed by atoms with Crippen molar-refractivity contribution in [2.75, 3.05) is 12.4 Å². The van der Waals surface area contributed by atoms with Crippen LogP contribution >= 0.6 is 23.2 Å². The van der Waals surface area contributed by atoms with Gasteiger partial charge in [0.15, 0.2) is 11.5 Å². The second-order valence-corrected chi connectivity index (χ2v) is 7.86. The van der Waals surface area contributed by atoms with Gasteiger partial charge in [0.05, 0.1) is 7.11 Å². The van der Waals surface area contributed by atoms with E-state index in [1.165, 1.54) is 0 Å². The molecule has 5 heteroatoms. The molecule has 0 fully saturated rings. The summed E-state index contributed by atoms with van der Waals surface area (Å²) in [4.78, 5) is 0. The predicted molar refractivity (Wildman–Crippen MR) is 126 cm³/mol. The van der Waals surface area contributed by atoms with E-state index in [-0.39, 0.29) is 0 Å². The summed E-state index contributed by atoms with van der Waals surface area (Å²) < 4.78 is 11.8. The molecule has 0 radical (unpaired) electrons. The number of benzene rings is 3. The van der Waals surface area contributed by atoms with Crippen molar-refractivity contribution in [2.45, 2.75) is 26.5 Å². The van der Waals surface area contributed by atoms with Crippen molar-refractivity contribution in [3.05, 3.63) is 99.6 Å². The normalized spacial score (nSPS) is 10.5. The zero-order valence-corrected chi connectivity index (χ0v) is 18.7. The van der Waals surface area contributed by atoms with Gasteiger partial charge < -0.3 is 14.8 Å². The minimum absolute atomic E-state index is 0.403. The lowest BCUT2D eigenvalue weighted by atomic mass is 10.0. The second-order valence-electron chi connectivity index (χ2n) is 7.02. The van der Waals surface area contributed by atoms with Crippen LogP contribution in [0.25, 0.3) is 0 Å². The maximum absolute atomic E-state index is 6.23. The number of ether oxygens (including phenoxy) is 2. The second kappa shape index (κ2) is 10.4. The van der Waals surface area contributed by atoms with Crippen molar-refractivity contribution in [2.24, 2.45) is 0 Å². The van der Waals surface area contributed by atoms with E-state index in [1.54, 1.807) is 7.11 Å². The van der Waals surface area contributed by atoms with Crippen molar-refractivity contribution < 1.29 is 9.47 Å². The number of rotatable bonds is 9. The van der Waals surface area contributed by atoms with Crippen molar-refractivity contribution in [3.8, 4) is 11.5 Å². The Morgan fingerprint density at radius 2 is 1.87 bits per heavy atom. The zero-order valence-electron chi connectivity index (χ0n) is 17.2. The molecule has 0 aromatic heterocycles. The monoisotopic (exact) mass is 441 g/mol. The van der Waals surface area contributed by atoms with Crippen LogP contribution in [0.5, 0.6) is 11.5 Å². The fraction of sp³-hybridized carbons (Fsp3) is 0.200. The first kappa shape index (κ1) is 22.1. The molecule has 0 aliphatic heterocycles. The van der Waals surface area contributed by atoms with Gasteiger partial charge >= 0.3 is 0 Å². The summed E-state index contributed by atoms with van der Waals surface area (Å²) in [5.74, 6) is 1.41. The number of methoxy groups -OCH3 is 1. The Hall–Kier alpha value is -2.62. The Morgan fingerprint density at radius 3 is 2.57 bits per heavy atom. The lowest BCUT2D eigenvalue weighted by Crippen LogP contribution is -2.05. The molecule has 0 bridgehead atoms. The molecule has 156 valence electrons. The van der Waals surface area contributed by atoms with Crippen molar-refractivity contribution >= 4 is 28.9 Å². The van der Waals surface area contributed by atoms with Gasteiger partial charge in [-0.3, -0.25) is 0 Å². The number of anilines is 1. The summed E-state index contributed by atoms with van der Waals surface area (Å²) >= 11 is 12.3. The molecule has 3 aromatic carbocycles. The average Bonchev–Trinajstić information content (AvgIpc) is 2.73. The minimum atomic E-state index is 0.403. The maximum Gasteiger partial charge on any atom is 0.165 e. The van der Waals surface area contributed by atoms with Crippen LogP contribution in [0.3, 0.4) is 0 Å². The molecule has 3 rings (SSSR count). The van der Waals surface area contributed by atoms with E-state index in [0.717, 1.165) is 38.7 Å². The molecule has 3 aromatic rings. The average molecular weight is 442 g/mol. The zero-order chi connectivity index (χ0) is 21.5. The first-order valence-electron chi connectivity index (χ1n) is 9.68. The standard InChI is InChI=1S/C25H25Cl2NO2/c1-4-6-20-11-19(15-28-22-10-9-17(2)23(27)14-22)13-24(29-3)25(20)30-16-18-7-5-8-21(26)12-18/h4-5,7-14,28H,1,6,15-16H2,2-3H3. The molecule has 0 amide bonds. The van der Waals surface area contributed by atoms with E-state index in [0.29, 0.717) is 30.3 Å². The third-order valence-electron chi connectivity index (χ3n) is 4.72. The van der Waals surface area contributed by atoms with Crippen LogP contribution in [0.4, 0.5) is 5.69 Å². The van der Waals surface area contributed by atoms with E-state index in [4.69, 9.17) is 32.7 Å². The number of nitrogens with one attached hydrogen (secondary N) is 1. The topological polar surface area (TPSA) is 30.5 Å². The molecule has 30 heavy (non-hydrogen) atoms. The number of hydrogen-bond donors (Lipinski definition) is 1. The van der Waals surface area contributed by atoms with E-state index in [1.807, 2.05) is 61.5 Å². The van der Waals surface area contributed by atoms with Gasteiger partial charge in [0.2, 0.25) is 0 Å². The van der Waals surface area contributed by atoms with E-state index < -0.39 is 0 Å². The van der Waals surface area contributed by atoms with Crippen LogP contribution in [0.1, 0.15) is 22.3 Å². The number of halogens is 2. The third kappa shape index (κ3) is 5.71. The highest BCUT2D eigenvalue weighted by molar-refractivity contribution is 6.31. The van der Waals surface area contributed by atoms with Gasteiger partial charge in [-0.15, -0.1) is 6.58 Å². The van der Waals surface area contributed by atoms with Crippen LogP contribution < -0.4 is 14.8 Å². The number of hydrogen-bond acceptors (Lipinski definition) is 3. The Balaban J connectivity index is 1.81. The molecule has 0 unspecified atom stereocenters. The van der Waals surface area contributed by atoms with Gasteiger partial charge in [-0.25, -0.2) is 0 Å². The van der Waals surface area contributed by atoms with Gasteiger partial charge in [0, 0.05) is 27.8 Å². The Morgan fingerprint density at radius 1 is 1.03 bits per heavy atom. The van der Waals surface area contributed by atoms with Gasteiger partial charge in [0.1, 0.15) is 6.61 Å². The highest BCUT2D eigenvalue weighted by Crippen LogP contribution is 2.35. The summed E-state index contributed by atoms with van der Waals surface area (Å²) in [6.07, 6.45) is 2.53. The van der Waals surface area contributed by atoms with Gasteiger partial charge in [-0.1, -0.05) is 47.5 Å². The van der Waals surface area contributed by atoms with Crippen molar-refractivity contribution in [3.63, 3.8) is 0 Å². The maximum atomic E-state index is 6.23. The lowest BCUT2D eigenvalue weighted by Gasteiger charge is -2.17. The third-order valence-corrected chi connectivity index (χ3v) is 5.36.